The van der Waals surface area contributed by atoms with Crippen LogP contribution >= 0.6 is 11.5 Å². The number of amides is 3. The number of anilines is 1. The van der Waals surface area contributed by atoms with Crippen LogP contribution in [-0.4, -0.2) is 46.9 Å². The normalized spacial score (nSPS) is 16.3. The molecule has 11 heteroatoms. The van der Waals surface area contributed by atoms with Crippen molar-refractivity contribution in [3.8, 4) is 5.88 Å². The molecule has 1 aliphatic rings. The predicted molar refractivity (Wildman–Crippen MR) is 113 cm³/mol. The maximum absolute atomic E-state index is 14.0. The van der Waals surface area contributed by atoms with Crippen LogP contribution in [-0.2, 0) is 6.61 Å². The van der Waals surface area contributed by atoms with Gasteiger partial charge in [-0.1, -0.05) is 0 Å². The monoisotopic (exact) mass is 453 g/mol. The molecule has 2 heterocycles. The lowest BCUT2D eigenvalue weighted by Crippen LogP contribution is -2.38. The Bertz CT molecular complexity index is 945. The van der Waals surface area contributed by atoms with E-state index < -0.39 is 30.2 Å². The van der Waals surface area contributed by atoms with Crippen molar-refractivity contribution >= 4 is 28.5 Å². The molecule has 0 aliphatic carbocycles. The van der Waals surface area contributed by atoms with Gasteiger partial charge < -0.3 is 15.8 Å². The first kappa shape index (κ1) is 22.9. The van der Waals surface area contributed by atoms with Crippen LogP contribution in [0.4, 0.5) is 18.6 Å². The number of primary amides is 1. The molecule has 1 aromatic carbocycles. The lowest BCUT2D eigenvalue weighted by molar-refractivity contribution is 0.0996. The molecule has 0 radical (unpaired) electrons. The van der Waals surface area contributed by atoms with Gasteiger partial charge in [-0.2, -0.15) is 4.37 Å². The third-order valence-electron chi connectivity index (χ3n) is 5.15. The van der Waals surface area contributed by atoms with E-state index in [2.05, 4.69) is 26.8 Å². The molecule has 168 valence electrons. The van der Waals surface area contributed by atoms with E-state index in [0.29, 0.717) is 18.2 Å². The molecule has 3 amide bonds. The quantitative estimate of drug-likeness (QED) is 0.569. The summed E-state index contributed by atoms with van der Waals surface area (Å²) in [5.41, 5.74) is 5.39. The molecule has 3 rings (SSSR count). The predicted octanol–water partition coefficient (Wildman–Crippen LogP) is 3.01. The zero-order valence-corrected chi connectivity index (χ0v) is 18.2. The number of hydrogen-bond donors (Lipinski definition) is 3. The van der Waals surface area contributed by atoms with Gasteiger partial charge in [-0.25, -0.2) is 13.6 Å². The van der Waals surface area contributed by atoms with Crippen LogP contribution in [0.15, 0.2) is 12.1 Å². The van der Waals surface area contributed by atoms with Gasteiger partial charge in [0.2, 0.25) is 5.88 Å². The van der Waals surface area contributed by atoms with E-state index in [4.69, 9.17) is 10.5 Å². The summed E-state index contributed by atoms with van der Waals surface area (Å²) in [5, 5.41) is 5.36. The molecule has 0 saturated carbocycles. The standard InChI is InChI=1S/C20H25F2N5O3S/c1-11-8-14(21)13(15(22)9-11)10-30-18-16(17(23)28)19(31-26-18)25-20(29)24-5-7-27-6-3-4-12(27)2/h8-9,12H,3-7,10H2,1-2H3,(H2,23,28)(H2,24,25,29). The Morgan fingerprint density at radius 3 is 2.68 bits per heavy atom. The van der Waals surface area contributed by atoms with Crippen molar-refractivity contribution in [1.82, 2.24) is 14.6 Å². The maximum atomic E-state index is 14.0. The minimum absolute atomic E-state index is 0.0967. The molecule has 31 heavy (non-hydrogen) atoms. The number of carbonyl (C=O) groups excluding carboxylic acids is 2. The van der Waals surface area contributed by atoms with Crippen LogP contribution in [0, 0.1) is 18.6 Å². The maximum Gasteiger partial charge on any atom is 0.319 e. The van der Waals surface area contributed by atoms with Crippen molar-refractivity contribution in [2.24, 2.45) is 5.73 Å². The third-order valence-corrected chi connectivity index (χ3v) is 5.89. The molecule has 1 saturated heterocycles. The number of aryl methyl sites for hydroxylation is 1. The summed E-state index contributed by atoms with van der Waals surface area (Å²) >= 11 is 0.792. The van der Waals surface area contributed by atoms with Crippen LogP contribution in [0.3, 0.4) is 0 Å². The largest absolute Gasteiger partial charge is 0.471 e. The first-order valence-electron chi connectivity index (χ1n) is 9.92. The van der Waals surface area contributed by atoms with E-state index >= 15 is 0 Å². The van der Waals surface area contributed by atoms with E-state index in [1.54, 1.807) is 6.92 Å². The van der Waals surface area contributed by atoms with Crippen LogP contribution in [0.1, 0.15) is 41.3 Å². The summed E-state index contributed by atoms with van der Waals surface area (Å²) in [4.78, 5) is 26.4. The molecular formula is C20H25F2N5O3S. The first-order chi connectivity index (χ1) is 14.8. The Morgan fingerprint density at radius 1 is 1.35 bits per heavy atom. The fourth-order valence-electron chi connectivity index (χ4n) is 3.47. The number of halogens is 2. The van der Waals surface area contributed by atoms with Crippen LogP contribution < -0.4 is 21.1 Å². The number of hydrogen-bond acceptors (Lipinski definition) is 6. The summed E-state index contributed by atoms with van der Waals surface area (Å²) in [5.74, 6) is -2.61. The Morgan fingerprint density at radius 2 is 2.06 bits per heavy atom. The summed E-state index contributed by atoms with van der Waals surface area (Å²) in [6.07, 6.45) is 2.30. The molecule has 1 atom stereocenters. The lowest BCUT2D eigenvalue weighted by Gasteiger charge is -2.20. The average molecular weight is 454 g/mol. The van der Waals surface area contributed by atoms with Gasteiger partial charge in [-0.3, -0.25) is 15.0 Å². The SMILES string of the molecule is Cc1cc(F)c(COc2nsc(NC(=O)NCCN3CCCC3C)c2C(N)=O)c(F)c1. The number of nitrogens with zero attached hydrogens (tertiary/aromatic N) is 2. The van der Waals surface area contributed by atoms with Crippen molar-refractivity contribution in [1.29, 1.82) is 0 Å². The van der Waals surface area contributed by atoms with Crippen molar-refractivity contribution in [3.05, 3.63) is 40.5 Å². The number of carbonyl (C=O) groups is 2. The van der Waals surface area contributed by atoms with Crippen molar-refractivity contribution in [3.63, 3.8) is 0 Å². The Hall–Kier alpha value is -2.79. The lowest BCUT2D eigenvalue weighted by atomic mass is 10.1. The molecule has 1 aromatic heterocycles. The van der Waals surface area contributed by atoms with Gasteiger partial charge >= 0.3 is 6.03 Å². The molecule has 0 spiro atoms. The van der Waals surface area contributed by atoms with Gasteiger partial charge in [0.25, 0.3) is 5.91 Å². The number of rotatable bonds is 8. The zero-order chi connectivity index (χ0) is 22.5. The number of nitrogens with one attached hydrogen (secondary N) is 2. The van der Waals surface area contributed by atoms with Gasteiger partial charge in [0, 0.05) is 19.1 Å². The van der Waals surface area contributed by atoms with Gasteiger partial charge in [0.15, 0.2) is 0 Å². The van der Waals surface area contributed by atoms with Gasteiger partial charge in [-0.15, -0.1) is 0 Å². The van der Waals surface area contributed by atoms with E-state index in [-0.39, 0.29) is 22.0 Å². The first-order valence-corrected chi connectivity index (χ1v) is 10.7. The highest BCUT2D eigenvalue weighted by Gasteiger charge is 2.23. The summed E-state index contributed by atoms with van der Waals surface area (Å²) in [7, 11) is 0. The van der Waals surface area contributed by atoms with E-state index in [9.17, 15) is 18.4 Å². The Balaban J connectivity index is 1.61. The number of urea groups is 1. The topological polar surface area (TPSA) is 110 Å². The fourth-order valence-corrected chi connectivity index (χ4v) is 4.21. The van der Waals surface area contributed by atoms with E-state index in [1.165, 1.54) is 12.1 Å². The fraction of sp³-hybridized carbons (Fsp3) is 0.450. The van der Waals surface area contributed by atoms with Crippen LogP contribution in [0.2, 0.25) is 0 Å². The minimum atomic E-state index is -0.880. The molecule has 2 aromatic rings. The van der Waals surface area contributed by atoms with Gasteiger partial charge in [-0.05, 0) is 62.5 Å². The molecule has 0 bridgehead atoms. The second-order valence-corrected chi connectivity index (χ2v) is 8.23. The van der Waals surface area contributed by atoms with Crippen molar-refractivity contribution in [2.45, 2.75) is 39.3 Å². The van der Waals surface area contributed by atoms with Crippen molar-refractivity contribution in [2.75, 3.05) is 25.0 Å². The highest BCUT2D eigenvalue weighted by molar-refractivity contribution is 7.11. The van der Waals surface area contributed by atoms with Crippen LogP contribution in [0.25, 0.3) is 0 Å². The highest BCUT2D eigenvalue weighted by atomic mass is 32.1. The number of aromatic nitrogens is 1. The van der Waals surface area contributed by atoms with Gasteiger partial charge in [0.05, 0.1) is 5.56 Å². The smallest absolute Gasteiger partial charge is 0.319 e. The summed E-state index contributed by atoms with van der Waals surface area (Å²) < 4.78 is 37.3. The third kappa shape index (κ3) is 5.67. The average Bonchev–Trinajstić information content (AvgIpc) is 3.27. The molecule has 1 aliphatic heterocycles. The molecule has 1 unspecified atom stereocenters. The number of likely N-dealkylation sites (tertiary alicyclic amines) is 1. The Kier molecular flexibility index (Phi) is 7.39. The number of benzene rings is 1. The van der Waals surface area contributed by atoms with E-state index in [1.807, 2.05) is 0 Å². The second kappa shape index (κ2) is 10.0. The van der Waals surface area contributed by atoms with Crippen LogP contribution in [0.5, 0.6) is 5.88 Å². The number of nitrogens with two attached hydrogens (primary N) is 1. The minimum Gasteiger partial charge on any atom is -0.471 e. The van der Waals surface area contributed by atoms with E-state index in [0.717, 1.165) is 37.5 Å². The molecule has 1 fully saturated rings. The summed E-state index contributed by atoms with van der Waals surface area (Å²) in [6.45, 7) is 5.41. The zero-order valence-electron chi connectivity index (χ0n) is 17.3. The second-order valence-electron chi connectivity index (χ2n) is 7.46. The molecular weight excluding hydrogens is 428 g/mol. The highest BCUT2D eigenvalue weighted by Crippen LogP contribution is 2.31. The summed E-state index contributed by atoms with van der Waals surface area (Å²) in [6, 6.07) is 2.34. The number of ether oxygens (including phenoxy) is 1. The molecule has 8 nitrogen and oxygen atoms in total. The Labute approximate surface area is 182 Å². The van der Waals surface area contributed by atoms with Crippen molar-refractivity contribution < 1.29 is 23.1 Å². The van der Waals surface area contributed by atoms with Gasteiger partial charge in [0.1, 0.15) is 28.8 Å². The molecule has 4 N–H and O–H groups in total.